The van der Waals surface area contributed by atoms with Crippen LogP contribution in [-0.2, 0) is 0 Å². The van der Waals surface area contributed by atoms with E-state index in [2.05, 4.69) is 17.1 Å². The number of aliphatic hydroxyl groups is 1. The summed E-state index contributed by atoms with van der Waals surface area (Å²) in [5, 5.41) is 13.1. The second-order valence-corrected chi connectivity index (χ2v) is 5.57. The number of hydrogen-bond acceptors (Lipinski definition) is 3. The number of nitrogens with one attached hydrogen (secondary N) is 1. The second-order valence-electron chi connectivity index (χ2n) is 5.57. The summed E-state index contributed by atoms with van der Waals surface area (Å²) in [4.78, 5) is 2.55. The van der Waals surface area contributed by atoms with E-state index < -0.39 is 0 Å². The van der Waals surface area contributed by atoms with Crippen molar-refractivity contribution in [3.63, 3.8) is 0 Å². The van der Waals surface area contributed by atoms with E-state index in [0.717, 1.165) is 18.9 Å². The van der Waals surface area contributed by atoms with Crippen LogP contribution in [0.5, 0.6) is 0 Å². The third-order valence-electron chi connectivity index (χ3n) is 4.36. The van der Waals surface area contributed by atoms with Crippen LogP contribution in [0, 0.1) is 5.92 Å². The maximum atomic E-state index is 9.59. The molecule has 0 aliphatic carbocycles. The molecule has 16 heavy (non-hydrogen) atoms. The fraction of sp³-hybridized carbons (Fsp3) is 1.00. The van der Waals surface area contributed by atoms with Crippen LogP contribution in [0.1, 0.15) is 39.0 Å². The van der Waals surface area contributed by atoms with Gasteiger partial charge in [0, 0.05) is 12.1 Å². The van der Waals surface area contributed by atoms with Crippen molar-refractivity contribution in [2.75, 3.05) is 32.8 Å². The Bertz CT molecular complexity index is 214. The van der Waals surface area contributed by atoms with Crippen molar-refractivity contribution in [3.05, 3.63) is 0 Å². The van der Waals surface area contributed by atoms with Crippen molar-refractivity contribution < 1.29 is 5.11 Å². The molecule has 3 nitrogen and oxygen atoms in total. The first-order chi connectivity index (χ1) is 7.78. The van der Waals surface area contributed by atoms with E-state index >= 15 is 0 Å². The van der Waals surface area contributed by atoms with E-state index in [1.54, 1.807) is 0 Å². The average Bonchev–Trinajstić information content (AvgIpc) is 2.78. The molecule has 94 valence electrons. The molecule has 2 N–H and O–H groups in total. The topological polar surface area (TPSA) is 35.5 Å². The van der Waals surface area contributed by atoms with Crippen molar-refractivity contribution in [2.24, 2.45) is 5.92 Å². The van der Waals surface area contributed by atoms with Crippen molar-refractivity contribution in [1.82, 2.24) is 10.2 Å². The maximum Gasteiger partial charge on any atom is 0.0613 e. The van der Waals surface area contributed by atoms with E-state index in [0.29, 0.717) is 6.61 Å². The van der Waals surface area contributed by atoms with Gasteiger partial charge in [0.2, 0.25) is 0 Å². The lowest BCUT2D eigenvalue weighted by Crippen LogP contribution is -2.47. The molecule has 0 aromatic rings. The van der Waals surface area contributed by atoms with Gasteiger partial charge < -0.3 is 15.3 Å². The summed E-state index contributed by atoms with van der Waals surface area (Å²) in [7, 11) is 0. The predicted molar refractivity (Wildman–Crippen MR) is 66.5 cm³/mol. The monoisotopic (exact) mass is 226 g/mol. The molecule has 2 fully saturated rings. The molecule has 0 bridgehead atoms. The largest absolute Gasteiger partial charge is 0.394 e. The molecule has 2 rings (SSSR count). The van der Waals surface area contributed by atoms with Gasteiger partial charge in [0.25, 0.3) is 0 Å². The van der Waals surface area contributed by atoms with Gasteiger partial charge >= 0.3 is 0 Å². The minimum Gasteiger partial charge on any atom is -0.394 e. The lowest BCUT2D eigenvalue weighted by molar-refractivity contribution is 0.110. The van der Waals surface area contributed by atoms with Gasteiger partial charge in [-0.15, -0.1) is 0 Å². The second kappa shape index (κ2) is 5.48. The number of piperidine rings is 1. The van der Waals surface area contributed by atoms with Gasteiger partial charge in [-0.05, 0) is 57.7 Å². The molecular weight excluding hydrogens is 200 g/mol. The summed E-state index contributed by atoms with van der Waals surface area (Å²) in [5.74, 6) is 0.784. The van der Waals surface area contributed by atoms with Gasteiger partial charge in [-0.2, -0.15) is 0 Å². The Kier molecular flexibility index (Phi) is 4.22. The summed E-state index contributed by atoms with van der Waals surface area (Å²) >= 11 is 0. The van der Waals surface area contributed by atoms with E-state index in [1.807, 2.05) is 0 Å². The smallest absolute Gasteiger partial charge is 0.0613 e. The third-order valence-corrected chi connectivity index (χ3v) is 4.36. The Hall–Kier alpha value is -0.120. The molecule has 2 unspecified atom stereocenters. The van der Waals surface area contributed by atoms with Crippen LogP contribution in [0.3, 0.4) is 0 Å². The van der Waals surface area contributed by atoms with Crippen LogP contribution in [0.2, 0.25) is 0 Å². The molecule has 0 radical (unpaired) electrons. The molecule has 0 amide bonds. The van der Waals surface area contributed by atoms with Gasteiger partial charge in [-0.25, -0.2) is 0 Å². The number of aliphatic hydroxyl groups excluding tert-OH is 1. The molecule has 0 aromatic heterocycles. The zero-order valence-electron chi connectivity index (χ0n) is 10.5. The predicted octanol–water partition coefficient (Wildman–Crippen LogP) is 1.22. The Morgan fingerprint density at radius 2 is 2.31 bits per heavy atom. The highest BCUT2D eigenvalue weighted by Crippen LogP contribution is 2.30. The van der Waals surface area contributed by atoms with E-state index in [9.17, 15) is 5.11 Å². The quantitative estimate of drug-likeness (QED) is 0.756. The molecular formula is C13H26N2O. The van der Waals surface area contributed by atoms with E-state index in [4.69, 9.17) is 0 Å². The number of nitrogens with zero attached hydrogens (tertiary/aromatic N) is 1. The summed E-state index contributed by atoms with van der Waals surface area (Å²) in [5.41, 5.74) is 0.0570. The lowest BCUT2D eigenvalue weighted by atomic mass is 9.83. The van der Waals surface area contributed by atoms with E-state index in [-0.39, 0.29) is 5.54 Å². The molecule has 2 saturated heterocycles. The van der Waals surface area contributed by atoms with Crippen LogP contribution in [-0.4, -0.2) is 48.3 Å². The standard InChI is InChI=1S/C13H26N2O/c1-2-15-8-3-5-12(10-15)9-13(11-16)6-4-7-14-13/h12,14,16H,2-11H2,1H3. The first kappa shape index (κ1) is 12.3. The molecule has 0 spiro atoms. The Labute approximate surface area is 99.2 Å². The van der Waals surface area contributed by atoms with Crippen LogP contribution in [0.4, 0.5) is 0 Å². The highest BCUT2D eigenvalue weighted by Gasteiger charge is 2.36. The summed E-state index contributed by atoms with van der Waals surface area (Å²) in [6, 6.07) is 0. The summed E-state index contributed by atoms with van der Waals surface area (Å²) < 4.78 is 0. The van der Waals surface area contributed by atoms with Crippen molar-refractivity contribution in [2.45, 2.75) is 44.6 Å². The Morgan fingerprint density at radius 3 is 2.94 bits per heavy atom. The average molecular weight is 226 g/mol. The van der Waals surface area contributed by atoms with Crippen LogP contribution in [0.15, 0.2) is 0 Å². The first-order valence-corrected chi connectivity index (χ1v) is 6.86. The normalized spacial score (nSPS) is 36.8. The minimum absolute atomic E-state index is 0.0570. The minimum atomic E-state index is 0.0570. The van der Waals surface area contributed by atoms with Gasteiger partial charge in [0.05, 0.1) is 6.61 Å². The van der Waals surface area contributed by atoms with E-state index in [1.165, 1.54) is 45.3 Å². The zero-order chi connectivity index (χ0) is 11.4. The van der Waals surface area contributed by atoms with Crippen molar-refractivity contribution >= 4 is 0 Å². The lowest BCUT2D eigenvalue weighted by Gasteiger charge is -2.37. The molecule has 2 aliphatic rings. The number of likely N-dealkylation sites (tertiary alicyclic amines) is 1. The van der Waals surface area contributed by atoms with Crippen molar-refractivity contribution in [1.29, 1.82) is 0 Å². The van der Waals surface area contributed by atoms with Gasteiger partial charge in [-0.3, -0.25) is 0 Å². The van der Waals surface area contributed by atoms with Crippen LogP contribution >= 0.6 is 0 Å². The fourth-order valence-corrected chi connectivity index (χ4v) is 3.40. The van der Waals surface area contributed by atoms with Crippen molar-refractivity contribution in [3.8, 4) is 0 Å². The molecule has 2 atom stereocenters. The van der Waals surface area contributed by atoms with Gasteiger partial charge in [0.1, 0.15) is 0 Å². The molecule has 3 heteroatoms. The molecule has 0 aromatic carbocycles. The highest BCUT2D eigenvalue weighted by molar-refractivity contribution is 4.95. The maximum absolute atomic E-state index is 9.59. The molecule has 2 aliphatic heterocycles. The number of rotatable bonds is 4. The molecule has 2 heterocycles. The number of hydrogen-bond donors (Lipinski definition) is 2. The molecule has 0 saturated carbocycles. The third kappa shape index (κ3) is 2.76. The SMILES string of the molecule is CCN1CCCC(CC2(CO)CCCN2)C1. The summed E-state index contributed by atoms with van der Waals surface area (Å²) in [6.45, 7) is 7.33. The highest BCUT2D eigenvalue weighted by atomic mass is 16.3. The van der Waals surface area contributed by atoms with Crippen LogP contribution in [0.25, 0.3) is 0 Å². The van der Waals surface area contributed by atoms with Crippen LogP contribution < -0.4 is 5.32 Å². The zero-order valence-corrected chi connectivity index (χ0v) is 10.5. The van der Waals surface area contributed by atoms with Gasteiger partial charge in [0.15, 0.2) is 0 Å². The Balaban J connectivity index is 1.87. The van der Waals surface area contributed by atoms with Gasteiger partial charge in [-0.1, -0.05) is 6.92 Å². The Morgan fingerprint density at radius 1 is 1.44 bits per heavy atom. The first-order valence-electron chi connectivity index (χ1n) is 6.86. The fourth-order valence-electron chi connectivity index (χ4n) is 3.40. The summed E-state index contributed by atoms with van der Waals surface area (Å²) in [6.07, 6.45) is 6.23.